The normalized spacial score (nSPS) is 25.0. The van der Waals surface area contributed by atoms with Crippen LogP contribution in [-0.4, -0.2) is 30.0 Å². The van der Waals surface area contributed by atoms with E-state index in [1.165, 1.54) is 24.5 Å². The van der Waals surface area contributed by atoms with Gasteiger partial charge in [0.25, 0.3) is 0 Å². The molecule has 1 atom stereocenters. The van der Waals surface area contributed by atoms with Crippen LogP contribution >= 0.6 is 27.3 Å². The maximum atomic E-state index is 4.44. The molecule has 2 nitrogen and oxygen atoms in total. The van der Waals surface area contributed by atoms with E-state index >= 15 is 0 Å². The molecule has 0 radical (unpaired) electrons. The summed E-state index contributed by atoms with van der Waals surface area (Å²) < 4.78 is 0.983. The van der Waals surface area contributed by atoms with Gasteiger partial charge in [0.05, 0.1) is 5.01 Å². The summed E-state index contributed by atoms with van der Waals surface area (Å²) in [7, 11) is 2.17. The molecule has 0 saturated carbocycles. The molecule has 0 aromatic carbocycles. The number of thiazole rings is 1. The van der Waals surface area contributed by atoms with Gasteiger partial charge in [0.1, 0.15) is 4.60 Å². The number of hydrogen-bond acceptors (Lipinski definition) is 3. The Balaban J connectivity index is 2.11. The zero-order valence-electron chi connectivity index (χ0n) is 6.96. The summed E-state index contributed by atoms with van der Waals surface area (Å²) in [5.74, 6) is 0.672. The first-order valence-electron chi connectivity index (χ1n) is 4.05. The quantitative estimate of drug-likeness (QED) is 0.757. The monoisotopic (exact) mass is 246 g/mol. The summed E-state index contributed by atoms with van der Waals surface area (Å²) >= 11 is 5.14. The van der Waals surface area contributed by atoms with Gasteiger partial charge in [-0.25, -0.2) is 4.98 Å². The first-order valence-corrected chi connectivity index (χ1v) is 5.72. The second-order valence-corrected chi connectivity index (χ2v) is 4.96. The van der Waals surface area contributed by atoms with Crippen LogP contribution < -0.4 is 0 Å². The smallest absolute Gasteiger partial charge is 0.117 e. The van der Waals surface area contributed by atoms with Gasteiger partial charge in [-0.15, -0.1) is 11.3 Å². The Kier molecular flexibility index (Phi) is 2.48. The Morgan fingerprint density at radius 2 is 2.58 bits per heavy atom. The van der Waals surface area contributed by atoms with Crippen molar-refractivity contribution in [1.82, 2.24) is 9.88 Å². The summed E-state index contributed by atoms with van der Waals surface area (Å²) in [6.07, 6.45) is 1.26. The SMILES string of the molecule is CN1CCC(c2nc(Br)cs2)C1. The fourth-order valence-corrected chi connectivity index (χ4v) is 2.99. The lowest BCUT2D eigenvalue weighted by atomic mass is 10.1. The van der Waals surface area contributed by atoms with E-state index in [0.717, 1.165) is 4.60 Å². The first kappa shape index (κ1) is 8.66. The Labute approximate surface area is 84.7 Å². The molecule has 0 spiro atoms. The minimum absolute atomic E-state index is 0.672. The van der Waals surface area contributed by atoms with Crippen LogP contribution in [0.15, 0.2) is 9.98 Å². The minimum atomic E-state index is 0.672. The molecule has 1 aromatic rings. The third kappa shape index (κ3) is 1.70. The number of likely N-dealkylation sites (tertiary alicyclic amines) is 1. The number of nitrogens with zero attached hydrogens (tertiary/aromatic N) is 2. The first-order chi connectivity index (χ1) is 5.75. The van der Waals surface area contributed by atoms with Crippen molar-refractivity contribution in [2.75, 3.05) is 20.1 Å². The summed E-state index contributed by atoms with van der Waals surface area (Å²) in [5, 5.41) is 3.35. The van der Waals surface area contributed by atoms with Crippen molar-refractivity contribution in [2.24, 2.45) is 0 Å². The van der Waals surface area contributed by atoms with Gasteiger partial charge >= 0.3 is 0 Å². The Morgan fingerprint density at radius 1 is 1.75 bits per heavy atom. The van der Waals surface area contributed by atoms with Crippen molar-refractivity contribution in [3.63, 3.8) is 0 Å². The second kappa shape index (κ2) is 3.44. The molecule has 1 unspecified atom stereocenters. The van der Waals surface area contributed by atoms with Gasteiger partial charge in [0.15, 0.2) is 0 Å². The van der Waals surface area contributed by atoms with E-state index in [4.69, 9.17) is 0 Å². The van der Waals surface area contributed by atoms with Crippen LogP contribution in [0.4, 0.5) is 0 Å². The van der Waals surface area contributed by atoms with Crippen LogP contribution in [0.3, 0.4) is 0 Å². The molecule has 2 rings (SSSR count). The van der Waals surface area contributed by atoms with Crippen LogP contribution in [0.25, 0.3) is 0 Å². The second-order valence-electron chi connectivity index (χ2n) is 3.26. The minimum Gasteiger partial charge on any atom is -0.306 e. The molecule has 1 aliphatic heterocycles. The lowest BCUT2D eigenvalue weighted by Crippen LogP contribution is -2.13. The molecule has 12 heavy (non-hydrogen) atoms. The van der Waals surface area contributed by atoms with Crippen molar-refractivity contribution in [3.8, 4) is 0 Å². The van der Waals surface area contributed by atoms with Gasteiger partial charge in [-0.1, -0.05) is 0 Å². The fourth-order valence-electron chi connectivity index (χ4n) is 1.59. The van der Waals surface area contributed by atoms with Crippen LogP contribution in [0.1, 0.15) is 17.3 Å². The van der Waals surface area contributed by atoms with E-state index in [0.29, 0.717) is 5.92 Å². The van der Waals surface area contributed by atoms with Crippen LogP contribution in [0, 0.1) is 0 Å². The van der Waals surface area contributed by atoms with Crippen LogP contribution in [-0.2, 0) is 0 Å². The average Bonchev–Trinajstić information content (AvgIpc) is 2.58. The number of halogens is 1. The third-order valence-electron chi connectivity index (χ3n) is 2.23. The Bertz CT molecular complexity index is 274. The van der Waals surface area contributed by atoms with Gasteiger partial charge < -0.3 is 4.90 Å². The highest BCUT2D eigenvalue weighted by Gasteiger charge is 2.23. The van der Waals surface area contributed by atoms with Gasteiger partial charge in [-0.05, 0) is 35.9 Å². The van der Waals surface area contributed by atoms with Crippen LogP contribution in [0.2, 0.25) is 0 Å². The fraction of sp³-hybridized carbons (Fsp3) is 0.625. The number of aromatic nitrogens is 1. The zero-order valence-corrected chi connectivity index (χ0v) is 9.36. The van der Waals surface area contributed by atoms with Crippen molar-refractivity contribution >= 4 is 27.3 Å². The number of rotatable bonds is 1. The predicted molar refractivity (Wildman–Crippen MR) is 54.7 cm³/mol. The van der Waals surface area contributed by atoms with Gasteiger partial charge in [-0.2, -0.15) is 0 Å². The molecule has 1 aromatic heterocycles. The van der Waals surface area contributed by atoms with Gasteiger partial charge in [0, 0.05) is 17.8 Å². The van der Waals surface area contributed by atoms with E-state index in [-0.39, 0.29) is 0 Å². The highest BCUT2D eigenvalue weighted by molar-refractivity contribution is 9.10. The molecule has 2 heterocycles. The molecule has 4 heteroatoms. The predicted octanol–water partition coefficient (Wildman–Crippen LogP) is 2.32. The molecular weight excluding hydrogens is 236 g/mol. The summed E-state index contributed by atoms with van der Waals surface area (Å²) in [6, 6.07) is 0. The summed E-state index contributed by atoms with van der Waals surface area (Å²) in [5.41, 5.74) is 0. The highest BCUT2D eigenvalue weighted by Crippen LogP contribution is 2.29. The van der Waals surface area contributed by atoms with E-state index < -0.39 is 0 Å². The molecule has 0 aliphatic carbocycles. The molecule has 0 bridgehead atoms. The van der Waals surface area contributed by atoms with E-state index in [1.807, 2.05) is 0 Å². The van der Waals surface area contributed by atoms with Crippen molar-refractivity contribution < 1.29 is 0 Å². The van der Waals surface area contributed by atoms with Gasteiger partial charge in [-0.3, -0.25) is 0 Å². The molecule has 1 aliphatic rings. The number of likely N-dealkylation sites (N-methyl/N-ethyl adjacent to an activating group) is 1. The third-order valence-corrected chi connectivity index (χ3v) is 3.95. The zero-order chi connectivity index (χ0) is 8.55. The summed E-state index contributed by atoms with van der Waals surface area (Å²) in [4.78, 5) is 6.80. The molecule has 0 amide bonds. The Hall–Kier alpha value is 0.0700. The van der Waals surface area contributed by atoms with Gasteiger partial charge in [0.2, 0.25) is 0 Å². The largest absolute Gasteiger partial charge is 0.306 e. The van der Waals surface area contributed by atoms with Crippen molar-refractivity contribution in [2.45, 2.75) is 12.3 Å². The van der Waals surface area contributed by atoms with E-state index in [1.54, 1.807) is 11.3 Å². The molecule has 0 N–H and O–H groups in total. The van der Waals surface area contributed by atoms with Crippen molar-refractivity contribution in [1.29, 1.82) is 0 Å². The maximum Gasteiger partial charge on any atom is 0.117 e. The molecule has 66 valence electrons. The lowest BCUT2D eigenvalue weighted by molar-refractivity contribution is 0.411. The van der Waals surface area contributed by atoms with Crippen molar-refractivity contribution in [3.05, 3.63) is 15.0 Å². The number of hydrogen-bond donors (Lipinski definition) is 0. The summed E-state index contributed by atoms with van der Waals surface area (Å²) in [6.45, 7) is 2.38. The topological polar surface area (TPSA) is 16.1 Å². The maximum absolute atomic E-state index is 4.44. The van der Waals surface area contributed by atoms with E-state index in [9.17, 15) is 0 Å². The molecule has 1 saturated heterocycles. The Morgan fingerprint density at radius 3 is 3.08 bits per heavy atom. The standard InChI is InChI=1S/C8H11BrN2S/c1-11-3-2-6(4-11)8-10-7(9)5-12-8/h5-6H,2-4H2,1H3. The highest BCUT2D eigenvalue weighted by atomic mass is 79.9. The van der Waals surface area contributed by atoms with Crippen LogP contribution in [0.5, 0.6) is 0 Å². The molecular formula is C8H11BrN2S. The lowest BCUT2D eigenvalue weighted by Gasteiger charge is -2.06. The molecule has 1 fully saturated rings. The average molecular weight is 247 g/mol. The van der Waals surface area contributed by atoms with E-state index in [2.05, 4.69) is 38.2 Å².